The first-order chi connectivity index (χ1) is 9.06. The number of aryl methyl sites for hydroxylation is 1. The second-order valence-corrected chi connectivity index (χ2v) is 5.14. The molecule has 0 spiro atoms. The Morgan fingerprint density at radius 3 is 2.74 bits per heavy atom. The van der Waals surface area contributed by atoms with E-state index in [1.54, 1.807) is 0 Å². The molecule has 3 N–H and O–H groups in total. The first kappa shape index (κ1) is 12.2. The number of nitrogens with zero attached hydrogens (tertiary/aromatic N) is 1. The van der Waals surface area contributed by atoms with Gasteiger partial charge in [0.1, 0.15) is 5.41 Å². The highest BCUT2D eigenvalue weighted by Gasteiger charge is 2.52. The van der Waals surface area contributed by atoms with Crippen molar-refractivity contribution in [2.75, 3.05) is 13.2 Å². The van der Waals surface area contributed by atoms with Crippen molar-refractivity contribution in [3.8, 4) is 0 Å². The number of rotatable bonds is 3. The minimum absolute atomic E-state index is 0.173. The highest BCUT2D eigenvalue weighted by Crippen LogP contribution is 2.41. The molecule has 2 heterocycles. The quantitative estimate of drug-likeness (QED) is 0.871. The van der Waals surface area contributed by atoms with E-state index in [0.717, 1.165) is 16.5 Å². The Morgan fingerprint density at radius 2 is 2.16 bits per heavy atom. The van der Waals surface area contributed by atoms with Gasteiger partial charge in [-0.1, -0.05) is 18.2 Å². The van der Waals surface area contributed by atoms with Crippen LogP contribution in [0.4, 0.5) is 0 Å². The smallest absolute Gasteiger partial charge is 0.316 e. The van der Waals surface area contributed by atoms with E-state index < -0.39 is 17.4 Å². The summed E-state index contributed by atoms with van der Waals surface area (Å²) in [6, 6.07) is 7.29. The highest BCUT2D eigenvalue weighted by molar-refractivity contribution is 5.86. The van der Waals surface area contributed by atoms with E-state index in [0.29, 0.717) is 0 Å². The van der Waals surface area contributed by atoms with Gasteiger partial charge in [0.2, 0.25) is 0 Å². The molecular weight excluding hydrogens is 244 g/mol. The molecule has 0 saturated carbocycles. The van der Waals surface area contributed by atoms with Crippen LogP contribution in [0.25, 0.3) is 10.9 Å². The van der Waals surface area contributed by atoms with E-state index in [1.165, 1.54) is 0 Å². The lowest BCUT2D eigenvalue weighted by Gasteiger charge is -2.41. The summed E-state index contributed by atoms with van der Waals surface area (Å²) in [4.78, 5) is 11.5. The van der Waals surface area contributed by atoms with Crippen LogP contribution in [0.15, 0.2) is 30.5 Å². The minimum Gasteiger partial charge on any atom is -0.481 e. The van der Waals surface area contributed by atoms with Crippen molar-refractivity contribution in [2.24, 2.45) is 18.2 Å². The van der Waals surface area contributed by atoms with Gasteiger partial charge in [0.25, 0.3) is 0 Å². The predicted molar refractivity (Wildman–Crippen MR) is 70.7 cm³/mol. The molecule has 1 fully saturated rings. The van der Waals surface area contributed by atoms with E-state index in [1.807, 2.05) is 42.1 Å². The van der Waals surface area contributed by atoms with Crippen LogP contribution in [-0.4, -0.2) is 28.9 Å². The Balaban J connectivity index is 2.12. The first-order valence-electron chi connectivity index (χ1n) is 6.17. The fourth-order valence-corrected chi connectivity index (χ4v) is 2.68. The highest BCUT2D eigenvalue weighted by atomic mass is 16.5. The number of hydrogen-bond donors (Lipinski definition) is 2. The zero-order valence-corrected chi connectivity index (χ0v) is 10.7. The molecule has 100 valence electrons. The van der Waals surface area contributed by atoms with Gasteiger partial charge in [-0.15, -0.1) is 0 Å². The summed E-state index contributed by atoms with van der Waals surface area (Å²) in [5, 5.41) is 10.4. The van der Waals surface area contributed by atoms with Gasteiger partial charge >= 0.3 is 5.97 Å². The van der Waals surface area contributed by atoms with Gasteiger partial charge in [-0.3, -0.25) is 4.79 Å². The third-order valence-electron chi connectivity index (χ3n) is 4.00. The van der Waals surface area contributed by atoms with Crippen molar-refractivity contribution >= 4 is 16.9 Å². The molecule has 0 bridgehead atoms. The number of ether oxygens (including phenoxy) is 1. The van der Waals surface area contributed by atoms with Crippen molar-refractivity contribution in [1.82, 2.24) is 4.57 Å². The zero-order valence-electron chi connectivity index (χ0n) is 10.7. The van der Waals surface area contributed by atoms with Gasteiger partial charge in [0.15, 0.2) is 0 Å². The van der Waals surface area contributed by atoms with Gasteiger partial charge < -0.3 is 20.1 Å². The number of benzene rings is 1. The van der Waals surface area contributed by atoms with Gasteiger partial charge in [0, 0.05) is 24.1 Å². The van der Waals surface area contributed by atoms with Crippen LogP contribution in [0.3, 0.4) is 0 Å². The molecule has 1 aromatic heterocycles. The fraction of sp³-hybridized carbons (Fsp3) is 0.357. The van der Waals surface area contributed by atoms with Gasteiger partial charge in [0.05, 0.1) is 19.3 Å². The van der Waals surface area contributed by atoms with Crippen LogP contribution in [0.1, 0.15) is 11.6 Å². The summed E-state index contributed by atoms with van der Waals surface area (Å²) < 4.78 is 7.07. The molecule has 1 atom stereocenters. The number of fused-ring (bicyclic) bond motifs is 1. The minimum atomic E-state index is -0.996. The van der Waals surface area contributed by atoms with E-state index in [-0.39, 0.29) is 13.2 Å². The maximum Gasteiger partial charge on any atom is 0.316 e. The van der Waals surface area contributed by atoms with Crippen molar-refractivity contribution in [3.63, 3.8) is 0 Å². The Hall–Kier alpha value is -1.85. The molecule has 5 heteroatoms. The molecule has 19 heavy (non-hydrogen) atoms. The Kier molecular flexibility index (Phi) is 2.62. The van der Waals surface area contributed by atoms with Crippen LogP contribution in [-0.2, 0) is 16.6 Å². The molecule has 5 nitrogen and oxygen atoms in total. The summed E-state index contributed by atoms with van der Waals surface area (Å²) in [5.74, 6) is -0.890. The Labute approximate surface area is 110 Å². The zero-order chi connectivity index (χ0) is 13.6. The Morgan fingerprint density at radius 1 is 1.47 bits per heavy atom. The number of aromatic nitrogens is 1. The lowest BCUT2D eigenvalue weighted by Crippen LogP contribution is -2.55. The topological polar surface area (TPSA) is 77.5 Å². The molecule has 0 aliphatic carbocycles. The molecule has 1 unspecified atom stereocenters. The van der Waals surface area contributed by atoms with Crippen molar-refractivity contribution in [3.05, 3.63) is 36.0 Å². The number of carbonyl (C=O) groups is 1. The standard InChI is InChI=1S/C14H16N2O3/c1-16-6-10(9-4-2-3-5-11(9)16)12(15)14(13(17)18)7-19-8-14/h2-6,12H,7-8,15H2,1H3,(H,17,18). The molecule has 1 aliphatic rings. The SMILES string of the molecule is Cn1cc(C(N)C2(C(=O)O)COC2)c2ccccc21. The Bertz CT molecular complexity index is 643. The predicted octanol–water partition coefficient (Wildman–Crippen LogP) is 1.28. The monoisotopic (exact) mass is 260 g/mol. The number of aliphatic carboxylic acids is 1. The molecule has 1 aromatic carbocycles. The average Bonchev–Trinajstić information content (AvgIpc) is 2.65. The maximum absolute atomic E-state index is 11.5. The van der Waals surface area contributed by atoms with Gasteiger partial charge in [-0.25, -0.2) is 0 Å². The van der Waals surface area contributed by atoms with E-state index in [4.69, 9.17) is 10.5 Å². The molecule has 0 radical (unpaired) electrons. The summed E-state index contributed by atoms with van der Waals surface area (Å²) in [6.45, 7) is 0.347. The second-order valence-electron chi connectivity index (χ2n) is 5.14. The molecule has 2 aromatic rings. The molecule has 1 saturated heterocycles. The number of carboxylic acid groups (broad SMARTS) is 1. The van der Waals surface area contributed by atoms with Gasteiger partial charge in [-0.05, 0) is 11.6 Å². The van der Waals surface area contributed by atoms with Crippen LogP contribution < -0.4 is 5.73 Å². The van der Waals surface area contributed by atoms with Crippen molar-refractivity contribution in [2.45, 2.75) is 6.04 Å². The number of carboxylic acids is 1. The van der Waals surface area contributed by atoms with Crippen molar-refractivity contribution in [1.29, 1.82) is 0 Å². The molecular formula is C14H16N2O3. The van der Waals surface area contributed by atoms with Crippen LogP contribution in [0, 0.1) is 5.41 Å². The number of hydrogen-bond acceptors (Lipinski definition) is 3. The summed E-state index contributed by atoms with van der Waals surface area (Å²) >= 11 is 0. The third kappa shape index (κ3) is 1.59. The van der Waals surface area contributed by atoms with Gasteiger partial charge in [-0.2, -0.15) is 0 Å². The van der Waals surface area contributed by atoms with Crippen LogP contribution in [0.2, 0.25) is 0 Å². The molecule has 1 aliphatic heterocycles. The first-order valence-corrected chi connectivity index (χ1v) is 6.17. The number of nitrogens with two attached hydrogens (primary N) is 1. The second kappa shape index (κ2) is 4.08. The lowest BCUT2D eigenvalue weighted by molar-refractivity contribution is -0.184. The normalized spacial score (nSPS) is 19.1. The molecule has 3 rings (SSSR count). The fourth-order valence-electron chi connectivity index (χ4n) is 2.68. The van der Waals surface area contributed by atoms with Crippen LogP contribution in [0.5, 0.6) is 0 Å². The maximum atomic E-state index is 11.5. The largest absolute Gasteiger partial charge is 0.481 e. The summed E-state index contributed by atoms with van der Waals surface area (Å²) in [7, 11) is 1.93. The third-order valence-corrected chi connectivity index (χ3v) is 4.00. The lowest BCUT2D eigenvalue weighted by atomic mass is 9.75. The molecule has 0 amide bonds. The summed E-state index contributed by atoms with van der Waals surface area (Å²) in [5.41, 5.74) is 7.16. The number of para-hydroxylation sites is 1. The van der Waals surface area contributed by atoms with Crippen LogP contribution >= 0.6 is 0 Å². The van der Waals surface area contributed by atoms with Crippen molar-refractivity contribution < 1.29 is 14.6 Å². The average molecular weight is 260 g/mol. The van der Waals surface area contributed by atoms with E-state index >= 15 is 0 Å². The summed E-state index contributed by atoms with van der Waals surface area (Å²) in [6.07, 6.45) is 1.92. The van der Waals surface area contributed by atoms with E-state index in [9.17, 15) is 9.90 Å². The van der Waals surface area contributed by atoms with E-state index in [2.05, 4.69) is 0 Å².